The molecule has 144 valence electrons. The molecule has 2 aromatic rings. The van der Waals surface area contributed by atoms with Gasteiger partial charge in [-0.05, 0) is 48.4 Å². The van der Waals surface area contributed by atoms with Crippen LogP contribution in [0.25, 0.3) is 0 Å². The van der Waals surface area contributed by atoms with Crippen LogP contribution in [0.15, 0.2) is 47.6 Å². The third kappa shape index (κ3) is 7.19. The number of hydrogen-bond donors (Lipinski definition) is 2. The lowest BCUT2D eigenvalue weighted by molar-refractivity contribution is 0.252. The van der Waals surface area contributed by atoms with E-state index in [9.17, 15) is 4.79 Å². The summed E-state index contributed by atoms with van der Waals surface area (Å²) in [6.07, 6.45) is 4.82. The monoisotopic (exact) mass is 389 g/mol. The van der Waals surface area contributed by atoms with Crippen LogP contribution >= 0.6 is 11.6 Å². The summed E-state index contributed by atoms with van der Waals surface area (Å²) >= 11 is 5.88. The maximum Gasteiger partial charge on any atom is 0.339 e. The van der Waals surface area contributed by atoms with Gasteiger partial charge in [-0.3, -0.25) is 0 Å². The van der Waals surface area contributed by atoms with E-state index in [2.05, 4.69) is 22.8 Å². The first-order valence-electron chi connectivity index (χ1n) is 8.79. The van der Waals surface area contributed by atoms with Crippen molar-refractivity contribution in [2.45, 2.75) is 26.2 Å². The Hall–Kier alpha value is -2.73. The number of amides is 2. The van der Waals surface area contributed by atoms with Crippen molar-refractivity contribution < 1.29 is 14.3 Å². The van der Waals surface area contributed by atoms with Gasteiger partial charge >= 0.3 is 6.03 Å². The van der Waals surface area contributed by atoms with Gasteiger partial charge in [0.05, 0.1) is 19.9 Å². The van der Waals surface area contributed by atoms with Crippen molar-refractivity contribution in [2.75, 3.05) is 19.0 Å². The summed E-state index contributed by atoms with van der Waals surface area (Å²) in [4.78, 5) is 11.8. The molecule has 0 fully saturated rings. The van der Waals surface area contributed by atoms with Crippen LogP contribution in [0.4, 0.5) is 10.5 Å². The zero-order valence-electron chi connectivity index (χ0n) is 15.5. The van der Waals surface area contributed by atoms with Crippen LogP contribution in [0.3, 0.4) is 0 Å². The highest BCUT2D eigenvalue weighted by Crippen LogP contribution is 2.27. The second-order valence-corrected chi connectivity index (χ2v) is 6.24. The van der Waals surface area contributed by atoms with Crippen LogP contribution in [0, 0.1) is 0 Å². The van der Waals surface area contributed by atoms with Crippen molar-refractivity contribution >= 4 is 29.5 Å². The fourth-order valence-corrected chi connectivity index (χ4v) is 2.50. The second kappa shape index (κ2) is 11.1. The average Bonchev–Trinajstić information content (AvgIpc) is 2.66. The predicted octanol–water partition coefficient (Wildman–Crippen LogP) is 5.07. The summed E-state index contributed by atoms with van der Waals surface area (Å²) in [5.74, 6) is 1.32. The van der Waals surface area contributed by atoms with Crippen LogP contribution in [0.2, 0.25) is 5.02 Å². The van der Waals surface area contributed by atoms with Gasteiger partial charge in [-0.2, -0.15) is 5.10 Å². The normalized spacial score (nSPS) is 10.6. The van der Waals surface area contributed by atoms with E-state index in [4.69, 9.17) is 21.1 Å². The molecule has 7 heteroatoms. The van der Waals surface area contributed by atoms with Gasteiger partial charge in [-0.15, -0.1) is 0 Å². The van der Waals surface area contributed by atoms with E-state index in [1.54, 1.807) is 37.4 Å². The van der Waals surface area contributed by atoms with Gasteiger partial charge in [0.2, 0.25) is 0 Å². The Balaban J connectivity index is 1.89. The third-order valence-corrected chi connectivity index (χ3v) is 3.89. The fraction of sp³-hybridized carbons (Fsp3) is 0.300. The van der Waals surface area contributed by atoms with E-state index >= 15 is 0 Å². The van der Waals surface area contributed by atoms with Gasteiger partial charge < -0.3 is 14.8 Å². The molecule has 2 amide bonds. The molecule has 0 unspecified atom stereocenters. The van der Waals surface area contributed by atoms with Crippen molar-refractivity contribution in [3.05, 3.63) is 53.1 Å². The Labute approximate surface area is 164 Å². The molecule has 0 heterocycles. The van der Waals surface area contributed by atoms with Crippen molar-refractivity contribution in [1.29, 1.82) is 0 Å². The lowest BCUT2D eigenvalue weighted by Crippen LogP contribution is -2.24. The molecule has 0 aliphatic rings. The van der Waals surface area contributed by atoms with Crippen molar-refractivity contribution in [1.82, 2.24) is 5.43 Å². The Morgan fingerprint density at radius 2 is 2.04 bits per heavy atom. The smallest absolute Gasteiger partial charge is 0.339 e. The largest absolute Gasteiger partial charge is 0.493 e. The van der Waals surface area contributed by atoms with Gasteiger partial charge in [0.25, 0.3) is 0 Å². The number of rotatable bonds is 9. The Kier molecular flexibility index (Phi) is 8.45. The maximum absolute atomic E-state index is 11.8. The first kappa shape index (κ1) is 20.6. The third-order valence-electron chi connectivity index (χ3n) is 3.66. The van der Waals surface area contributed by atoms with Crippen LogP contribution in [-0.4, -0.2) is 26.0 Å². The van der Waals surface area contributed by atoms with Gasteiger partial charge in [-0.1, -0.05) is 37.4 Å². The van der Waals surface area contributed by atoms with E-state index < -0.39 is 6.03 Å². The number of nitrogens with zero attached hydrogens (tertiary/aromatic N) is 1. The number of ether oxygens (including phenoxy) is 2. The minimum Gasteiger partial charge on any atom is -0.493 e. The first-order chi connectivity index (χ1) is 13.1. The molecular formula is C20H24ClN3O3. The number of carbonyl (C=O) groups excluding carboxylic acids is 1. The van der Waals surface area contributed by atoms with E-state index in [1.165, 1.54) is 6.21 Å². The molecule has 0 saturated heterocycles. The van der Waals surface area contributed by atoms with Crippen LogP contribution < -0.4 is 20.2 Å². The highest BCUT2D eigenvalue weighted by atomic mass is 35.5. The van der Waals surface area contributed by atoms with Crippen molar-refractivity contribution in [3.63, 3.8) is 0 Å². The minimum absolute atomic E-state index is 0.462. The number of halogens is 1. The summed E-state index contributed by atoms with van der Waals surface area (Å²) in [7, 11) is 1.59. The first-order valence-corrected chi connectivity index (χ1v) is 9.16. The number of anilines is 1. The fourth-order valence-electron chi connectivity index (χ4n) is 2.31. The summed E-state index contributed by atoms with van der Waals surface area (Å²) < 4.78 is 11.1. The molecule has 0 atom stereocenters. The van der Waals surface area contributed by atoms with Crippen LogP contribution in [0.1, 0.15) is 31.7 Å². The zero-order chi connectivity index (χ0) is 19.5. The second-order valence-electron chi connectivity index (χ2n) is 5.80. The molecule has 0 radical (unpaired) electrons. The minimum atomic E-state index is -0.462. The Bertz CT molecular complexity index is 781. The molecule has 2 N–H and O–H groups in total. The van der Waals surface area contributed by atoms with Crippen LogP contribution in [-0.2, 0) is 0 Å². The number of carbonyl (C=O) groups is 1. The SMILES string of the molecule is CCCCCOc1ccc(/C=N\NC(=O)Nc2cccc(Cl)c2)cc1OC. The number of methoxy groups -OCH3 is 1. The summed E-state index contributed by atoms with van der Waals surface area (Å²) in [5, 5.41) is 7.12. The quantitative estimate of drug-likeness (QED) is 0.357. The molecule has 2 aromatic carbocycles. The summed E-state index contributed by atoms with van der Waals surface area (Å²) in [6.45, 7) is 2.81. The highest BCUT2D eigenvalue weighted by molar-refractivity contribution is 6.30. The van der Waals surface area contributed by atoms with Crippen molar-refractivity contribution in [2.24, 2.45) is 5.10 Å². The molecule has 27 heavy (non-hydrogen) atoms. The lowest BCUT2D eigenvalue weighted by atomic mass is 10.2. The topological polar surface area (TPSA) is 72.0 Å². The van der Waals surface area contributed by atoms with E-state index in [1.807, 2.05) is 12.1 Å². The van der Waals surface area contributed by atoms with Gasteiger partial charge in [0.1, 0.15) is 0 Å². The molecule has 2 rings (SSSR count). The molecule has 0 aliphatic carbocycles. The molecule has 0 saturated carbocycles. The van der Waals surface area contributed by atoms with Crippen LogP contribution in [0.5, 0.6) is 11.5 Å². The van der Waals surface area contributed by atoms with Gasteiger partial charge in [0.15, 0.2) is 11.5 Å². The maximum atomic E-state index is 11.8. The van der Waals surface area contributed by atoms with E-state index in [0.717, 1.165) is 24.8 Å². The standard InChI is InChI=1S/C20H24ClN3O3/c1-3-4-5-11-27-18-10-9-15(12-19(18)26-2)14-22-24-20(25)23-17-8-6-7-16(21)13-17/h6-10,12-14H,3-5,11H2,1-2H3,(H2,23,24,25)/b22-14-. The molecule has 0 aromatic heterocycles. The molecule has 6 nitrogen and oxygen atoms in total. The Morgan fingerprint density at radius 3 is 2.78 bits per heavy atom. The molecule has 0 spiro atoms. The lowest BCUT2D eigenvalue weighted by Gasteiger charge is -2.11. The van der Waals surface area contributed by atoms with Gasteiger partial charge in [-0.25, -0.2) is 10.2 Å². The van der Waals surface area contributed by atoms with E-state index in [-0.39, 0.29) is 0 Å². The number of unbranched alkanes of at least 4 members (excludes halogenated alkanes) is 2. The number of nitrogens with one attached hydrogen (secondary N) is 2. The summed E-state index contributed by atoms with van der Waals surface area (Å²) in [6, 6.07) is 11.9. The van der Waals surface area contributed by atoms with Gasteiger partial charge in [0, 0.05) is 10.7 Å². The Morgan fingerprint density at radius 1 is 1.19 bits per heavy atom. The predicted molar refractivity (Wildman–Crippen MR) is 109 cm³/mol. The average molecular weight is 390 g/mol. The van der Waals surface area contributed by atoms with E-state index in [0.29, 0.717) is 28.8 Å². The summed E-state index contributed by atoms with van der Waals surface area (Å²) in [5.41, 5.74) is 3.76. The zero-order valence-corrected chi connectivity index (χ0v) is 16.3. The van der Waals surface area contributed by atoms with Crippen molar-refractivity contribution in [3.8, 4) is 11.5 Å². The molecular weight excluding hydrogens is 366 g/mol. The molecule has 0 bridgehead atoms. The number of hydrazone groups is 1. The number of urea groups is 1. The number of hydrogen-bond acceptors (Lipinski definition) is 4. The number of benzene rings is 2. The molecule has 0 aliphatic heterocycles. The highest BCUT2D eigenvalue weighted by Gasteiger charge is 2.05.